The minimum atomic E-state index is -0.792. The number of ether oxygens (including phenoxy) is 1. The van der Waals surface area contributed by atoms with Crippen LogP contribution in [0, 0.1) is 11.6 Å². The van der Waals surface area contributed by atoms with Crippen molar-refractivity contribution in [1.29, 1.82) is 0 Å². The third kappa shape index (κ3) is 5.67. The minimum Gasteiger partial charge on any atom is -0.484 e. The van der Waals surface area contributed by atoms with E-state index < -0.39 is 11.9 Å². The summed E-state index contributed by atoms with van der Waals surface area (Å²) in [5.74, 6) is -0.916. The van der Waals surface area contributed by atoms with Crippen LogP contribution in [0.5, 0.6) is 5.75 Å². The second kappa shape index (κ2) is 8.24. The van der Waals surface area contributed by atoms with Crippen LogP contribution in [0.2, 0.25) is 0 Å². The third-order valence-electron chi connectivity index (χ3n) is 3.16. The molecule has 1 amide bonds. The number of hydrogen-bond acceptors (Lipinski definition) is 3. The number of hydrogen-bond donors (Lipinski definition) is 2. The number of aliphatic hydroxyl groups is 1. The molecule has 2 rings (SSSR count). The van der Waals surface area contributed by atoms with E-state index in [1.807, 2.05) is 0 Å². The molecular weight excluding hydrogens is 304 g/mol. The van der Waals surface area contributed by atoms with Crippen molar-refractivity contribution in [2.45, 2.75) is 12.5 Å². The lowest BCUT2D eigenvalue weighted by molar-refractivity contribution is -0.123. The zero-order valence-corrected chi connectivity index (χ0v) is 12.3. The maximum atomic E-state index is 12.9. The third-order valence-corrected chi connectivity index (χ3v) is 3.16. The first-order valence-electron chi connectivity index (χ1n) is 7.13. The van der Waals surface area contributed by atoms with E-state index in [2.05, 4.69) is 5.32 Å². The van der Waals surface area contributed by atoms with E-state index >= 15 is 0 Å². The van der Waals surface area contributed by atoms with Crippen LogP contribution in [0.1, 0.15) is 18.1 Å². The Kier molecular flexibility index (Phi) is 6.05. The second-order valence-corrected chi connectivity index (χ2v) is 4.95. The van der Waals surface area contributed by atoms with Gasteiger partial charge in [0.1, 0.15) is 17.4 Å². The molecule has 2 aromatic carbocycles. The average Bonchev–Trinajstić information content (AvgIpc) is 2.53. The molecule has 0 saturated carbocycles. The van der Waals surface area contributed by atoms with Gasteiger partial charge in [0.15, 0.2) is 6.61 Å². The minimum absolute atomic E-state index is 0.240. The maximum Gasteiger partial charge on any atom is 0.257 e. The van der Waals surface area contributed by atoms with Gasteiger partial charge in [0.05, 0.1) is 6.10 Å². The number of carbonyl (C=O) groups excluding carboxylic acids is 1. The fourth-order valence-corrected chi connectivity index (χ4v) is 1.96. The Hall–Kier alpha value is -2.47. The number of halogens is 2. The van der Waals surface area contributed by atoms with Crippen LogP contribution in [-0.2, 0) is 4.79 Å². The monoisotopic (exact) mass is 321 g/mol. The molecule has 0 aliphatic heterocycles. The van der Waals surface area contributed by atoms with Gasteiger partial charge in [-0.3, -0.25) is 4.79 Å². The summed E-state index contributed by atoms with van der Waals surface area (Å²) >= 11 is 0. The Balaban J connectivity index is 1.69. The van der Waals surface area contributed by atoms with E-state index in [0.29, 0.717) is 5.56 Å². The Morgan fingerprint density at radius 1 is 1.13 bits per heavy atom. The van der Waals surface area contributed by atoms with E-state index in [9.17, 15) is 18.7 Å². The van der Waals surface area contributed by atoms with Crippen LogP contribution in [0.4, 0.5) is 8.78 Å². The highest BCUT2D eigenvalue weighted by atomic mass is 19.1. The first-order chi connectivity index (χ1) is 11.0. The van der Waals surface area contributed by atoms with Gasteiger partial charge in [-0.05, 0) is 36.2 Å². The molecule has 23 heavy (non-hydrogen) atoms. The summed E-state index contributed by atoms with van der Waals surface area (Å²) in [6, 6.07) is 11.0. The van der Waals surface area contributed by atoms with Crippen molar-refractivity contribution in [3.8, 4) is 5.75 Å². The number of amides is 1. The molecular formula is C17H17F2NO3. The molecule has 122 valence electrons. The van der Waals surface area contributed by atoms with Crippen molar-refractivity contribution < 1.29 is 23.4 Å². The first kappa shape index (κ1) is 16.9. The molecule has 0 spiro atoms. The number of rotatable bonds is 7. The zero-order valence-electron chi connectivity index (χ0n) is 12.3. The van der Waals surface area contributed by atoms with Crippen LogP contribution in [0.3, 0.4) is 0 Å². The van der Waals surface area contributed by atoms with Crippen molar-refractivity contribution >= 4 is 5.91 Å². The van der Waals surface area contributed by atoms with Gasteiger partial charge in [-0.1, -0.05) is 18.2 Å². The average molecular weight is 321 g/mol. The fraction of sp³-hybridized carbons (Fsp3) is 0.235. The largest absolute Gasteiger partial charge is 0.484 e. The van der Waals surface area contributed by atoms with Gasteiger partial charge in [0.25, 0.3) is 5.91 Å². The summed E-state index contributed by atoms with van der Waals surface area (Å²) in [5.41, 5.74) is 0.580. The Labute approximate surface area is 132 Å². The van der Waals surface area contributed by atoms with Gasteiger partial charge in [-0.15, -0.1) is 0 Å². The quantitative estimate of drug-likeness (QED) is 0.824. The number of aliphatic hydroxyl groups excluding tert-OH is 1. The van der Waals surface area contributed by atoms with Gasteiger partial charge in [-0.25, -0.2) is 8.78 Å². The molecule has 1 unspecified atom stereocenters. The molecule has 0 bridgehead atoms. The molecule has 2 aromatic rings. The van der Waals surface area contributed by atoms with Gasteiger partial charge in [-0.2, -0.15) is 0 Å². The summed E-state index contributed by atoms with van der Waals surface area (Å²) in [5, 5.41) is 12.5. The standard InChI is InChI=1S/C17H17F2NO3/c18-13-6-4-12(5-7-13)16(21)8-9-20-17(22)11-23-15-3-1-2-14(19)10-15/h1-7,10,16,21H,8-9,11H2,(H,20,22). The molecule has 6 heteroatoms. The van der Waals surface area contributed by atoms with Crippen molar-refractivity contribution in [2.75, 3.05) is 13.2 Å². The summed E-state index contributed by atoms with van der Waals surface area (Å²) in [7, 11) is 0. The molecule has 4 nitrogen and oxygen atoms in total. The van der Waals surface area contributed by atoms with Crippen molar-refractivity contribution in [3.05, 3.63) is 65.7 Å². The van der Waals surface area contributed by atoms with E-state index in [1.165, 1.54) is 42.5 Å². The van der Waals surface area contributed by atoms with Crippen LogP contribution in [-0.4, -0.2) is 24.2 Å². The smallest absolute Gasteiger partial charge is 0.257 e. The predicted molar refractivity (Wildman–Crippen MR) is 80.9 cm³/mol. The molecule has 0 radical (unpaired) electrons. The maximum absolute atomic E-state index is 12.9. The van der Waals surface area contributed by atoms with Crippen LogP contribution >= 0.6 is 0 Å². The van der Waals surface area contributed by atoms with Crippen molar-refractivity contribution in [3.63, 3.8) is 0 Å². The van der Waals surface area contributed by atoms with Crippen LogP contribution in [0.15, 0.2) is 48.5 Å². The van der Waals surface area contributed by atoms with Crippen LogP contribution < -0.4 is 10.1 Å². The van der Waals surface area contributed by atoms with Gasteiger partial charge in [0, 0.05) is 12.6 Å². The first-order valence-corrected chi connectivity index (χ1v) is 7.13. The SMILES string of the molecule is O=C(COc1cccc(F)c1)NCCC(O)c1ccc(F)cc1. The van der Waals surface area contributed by atoms with Crippen molar-refractivity contribution in [2.24, 2.45) is 0 Å². The molecule has 2 N–H and O–H groups in total. The molecule has 0 aliphatic rings. The second-order valence-electron chi connectivity index (χ2n) is 4.95. The highest BCUT2D eigenvalue weighted by Crippen LogP contribution is 2.16. The van der Waals surface area contributed by atoms with Gasteiger partial charge < -0.3 is 15.2 Å². The molecule has 1 atom stereocenters. The van der Waals surface area contributed by atoms with Crippen molar-refractivity contribution in [1.82, 2.24) is 5.32 Å². The Morgan fingerprint density at radius 3 is 2.57 bits per heavy atom. The molecule has 0 aromatic heterocycles. The molecule has 0 fully saturated rings. The summed E-state index contributed by atoms with van der Waals surface area (Å²) in [6.45, 7) is -0.0000159. The normalized spacial score (nSPS) is 11.8. The lowest BCUT2D eigenvalue weighted by Crippen LogP contribution is -2.30. The van der Waals surface area contributed by atoms with E-state index in [-0.39, 0.29) is 37.0 Å². The van der Waals surface area contributed by atoms with E-state index in [0.717, 1.165) is 0 Å². The lowest BCUT2D eigenvalue weighted by atomic mass is 10.1. The lowest BCUT2D eigenvalue weighted by Gasteiger charge is -2.12. The van der Waals surface area contributed by atoms with Gasteiger partial charge in [0.2, 0.25) is 0 Å². The topological polar surface area (TPSA) is 58.6 Å². The summed E-state index contributed by atoms with van der Waals surface area (Å²) < 4.78 is 30.9. The van der Waals surface area contributed by atoms with E-state index in [4.69, 9.17) is 4.74 Å². The molecule has 0 heterocycles. The summed E-state index contributed by atoms with van der Waals surface area (Å²) in [4.78, 5) is 11.6. The molecule has 0 saturated heterocycles. The van der Waals surface area contributed by atoms with Gasteiger partial charge >= 0.3 is 0 Å². The fourth-order valence-electron chi connectivity index (χ4n) is 1.96. The van der Waals surface area contributed by atoms with Crippen LogP contribution in [0.25, 0.3) is 0 Å². The zero-order chi connectivity index (χ0) is 16.7. The number of nitrogens with one attached hydrogen (secondary N) is 1. The Bertz CT molecular complexity index is 647. The Morgan fingerprint density at radius 2 is 1.87 bits per heavy atom. The summed E-state index contributed by atoms with van der Waals surface area (Å²) in [6.07, 6.45) is -0.503. The molecule has 0 aliphatic carbocycles. The number of carbonyl (C=O) groups is 1. The number of benzene rings is 2. The van der Waals surface area contributed by atoms with E-state index in [1.54, 1.807) is 6.07 Å². The highest BCUT2D eigenvalue weighted by molar-refractivity contribution is 5.77. The highest BCUT2D eigenvalue weighted by Gasteiger charge is 2.09. The predicted octanol–water partition coefficient (Wildman–Crippen LogP) is 2.58.